The fourth-order valence-corrected chi connectivity index (χ4v) is 1.42. The van der Waals surface area contributed by atoms with Crippen LogP contribution in [0.4, 0.5) is 11.4 Å². The Kier molecular flexibility index (Phi) is 2.36. The monoisotopic (exact) mass is 194 g/mol. The van der Waals surface area contributed by atoms with Gasteiger partial charge in [-0.2, -0.15) is 0 Å². The van der Waals surface area contributed by atoms with Gasteiger partial charge < -0.3 is 16.6 Å². The second kappa shape index (κ2) is 3.08. The van der Waals surface area contributed by atoms with E-state index in [1.165, 1.54) is 0 Å². The van der Waals surface area contributed by atoms with Gasteiger partial charge in [0, 0.05) is 5.56 Å². The predicted octanol–water partition coefficient (Wildman–Crippen LogP) is 2.16. The van der Waals surface area contributed by atoms with Crippen LogP contribution in [0.3, 0.4) is 0 Å². The first kappa shape index (κ1) is 10.7. The molecule has 0 radical (unpaired) electrons. The molecule has 0 saturated heterocycles. The zero-order chi connectivity index (χ0) is 11.1. The van der Waals surface area contributed by atoms with Crippen molar-refractivity contribution in [3.05, 3.63) is 17.2 Å². The highest BCUT2D eigenvalue weighted by molar-refractivity contribution is 5.76. The van der Waals surface area contributed by atoms with Crippen molar-refractivity contribution < 1.29 is 5.11 Å². The van der Waals surface area contributed by atoms with E-state index in [1.807, 2.05) is 33.8 Å². The summed E-state index contributed by atoms with van der Waals surface area (Å²) in [6.07, 6.45) is 0. The molecule has 1 aromatic rings. The maximum absolute atomic E-state index is 9.83. The van der Waals surface area contributed by atoms with Crippen LogP contribution in [-0.4, -0.2) is 5.11 Å². The number of nitrogen functional groups attached to an aromatic ring is 2. The van der Waals surface area contributed by atoms with Crippen LogP contribution >= 0.6 is 0 Å². The highest BCUT2D eigenvalue weighted by Gasteiger charge is 2.21. The molecule has 0 aliphatic carbocycles. The molecule has 0 aromatic heterocycles. The fraction of sp³-hybridized carbons (Fsp3) is 0.455. The Morgan fingerprint density at radius 2 is 1.64 bits per heavy atom. The van der Waals surface area contributed by atoms with Gasteiger partial charge in [0.05, 0.1) is 11.4 Å². The van der Waals surface area contributed by atoms with Crippen LogP contribution < -0.4 is 11.5 Å². The van der Waals surface area contributed by atoms with E-state index in [2.05, 4.69) is 0 Å². The van der Waals surface area contributed by atoms with Crippen molar-refractivity contribution in [3.8, 4) is 5.75 Å². The van der Waals surface area contributed by atoms with E-state index in [0.29, 0.717) is 5.69 Å². The SMILES string of the molecule is Cc1cc(C(C)(C)C)c(O)c(N)c1N. The normalized spacial score (nSPS) is 11.7. The number of benzene rings is 1. The molecule has 3 nitrogen and oxygen atoms in total. The largest absolute Gasteiger partial charge is 0.505 e. The Morgan fingerprint density at radius 1 is 1.14 bits per heavy atom. The molecule has 0 aliphatic rings. The van der Waals surface area contributed by atoms with Crippen LogP contribution in [0.5, 0.6) is 5.75 Å². The molecule has 1 aromatic carbocycles. The van der Waals surface area contributed by atoms with Crippen molar-refractivity contribution in [1.29, 1.82) is 0 Å². The topological polar surface area (TPSA) is 72.3 Å². The third kappa shape index (κ3) is 1.62. The van der Waals surface area contributed by atoms with Gasteiger partial charge in [-0.25, -0.2) is 0 Å². The molecule has 1 rings (SSSR count). The number of nitrogens with two attached hydrogens (primary N) is 2. The summed E-state index contributed by atoms with van der Waals surface area (Å²) >= 11 is 0. The zero-order valence-electron chi connectivity index (χ0n) is 9.18. The summed E-state index contributed by atoms with van der Waals surface area (Å²) in [4.78, 5) is 0. The third-order valence-electron chi connectivity index (χ3n) is 2.39. The third-order valence-corrected chi connectivity index (χ3v) is 2.39. The molecule has 0 spiro atoms. The number of phenolic OH excluding ortho intramolecular Hbond substituents is 1. The summed E-state index contributed by atoms with van der Waals surface area (Å²) in [7, 11) is 0. The minimum absolute atomic E-state index is 0.112. The second-order valence-corrected chi connectivity index (χ2v) is 4.67. The Balaban J connectivity index is 3.49. The quantitative estimate of drug-likeness (QED) is 0.437. The van der Waals surface area contributed by atoms with E-state index in [-0.39, 0.29) is 16.9 Å². The Bertz CT molecular complexity index is 365. The average Bonchev–Trinajstić information content (AvgIpc) is 2.06. The molecule has 14 heavy (non-hydrogen) atoms. The Hall–Kier alpha value is -1.38. The van der Waals surface area contributed by atoms with E-state index in [4.69, 9.17) is 11.5 Å². The number of rotatable bonds is 0. The van der Waals surface area contributed by atoms with Gasteiger partial charge in [-0.05, 0) is 24.0 Å². The molecular formula is C11H18N2O. The number of phenols is 1. The van der Waals surface area contributed by atoms with Crippen LogP contribution in [0, 0.1) is 6.92 Å². The fourth-order valence-electron chi connectivity index (χ4n) is 1.42. The first-order valence-electron chi connectivity index (χ1n) is 4.63. The first-order chi connectivity index (χ1) is 6.25. The molecular weight excluding hydrogens is 176 g/mol. The summed E-state index contributed by atoms with van der Waals surface area (Å²) in [6.45, 7) is 7.96. The van der Waals surface area contributed by atoms with Gasteiger partial charge >= 0.3 is 0 Å². The van der Waals surface area contributed by atoms with Gasteiger partial charge in [0.1, 0.15) is 5.75 Å². The lowest BCUT2D eigenvalue weighted by atomic mass is 9.84. The molecule has 0 unspecified atom stereocenters. The number of anilines is 2. The first-order valence-corrected chi connectivity index (χ1v) is 4.63. The molecule has 0 fully saturated rings. The summed E-state index contributed by atoms with van der Waals surface area (Å²) in [5, 5.41) is 9.83. The molecule has 5 N–H and O–H groups in total. The highest BCUT2D eigenvalue weighted by Crippen LogP contribution is 2.39. The van der Waals surface area contributed by atoms with Crippen molar-refractivity contribution >= 4 is 11.4 Å². The van der Waals surface area contributed by atoms with E-state index in [0.717, 1.165) is 11.1 Å². The Labute approximate surface area is 84.7 Å². The van der Waals surface area contributed by atoms with E-state index >= 15 is 0 Å². The zero-order valence-corrected chi connectivity index (χ0v) is 9.18. The summed E-state index contributed by atoms with van der Waals surface area (Å²) < 4.78 is 0. The Morgan fingerprint density at radius 3 is 2.07 bits per heavy atom. The van der Waals surface area contributed by atoms with E-state index < -0.39 is 0 Å². The molecule has 0 bridgehead atoms. The molecule has 0 aliphatic heterocycles. The van der Waals surface area contributed by atoms with Gasteiger partial charge in [-0.1, -0.05) is 20.8 Å². The van der Waals surface area contributed by atoms with Crippen molar-refractivity contribution in [1.82, 2.24) is 0 Å². The summed E-state index contributed by atoms with van der Waals surface area (Å²) in [5.41, 5.74) is 13.8. The molecule has 0 atom stereocenters. The summed E-state index contributed by atoms with van der Waals surface area (Å²) in [5.74, 6) is 0.112. The van der Waals surface area contributed by atoms with Crippen LogP contribution in [0.2, 0.25) is 0 Å². The van der Waals surface area contributed by atoms with Crippen LogP contribution in [0.15, 0.2) is 6.07 Å². The van der Waals surface area contributed by atoms with Crippen molar-refractivity contribution in [2.45, 2.75) is 33.1 Å². The van der Waals surface area contributed by atoms with Gasteiger partial charge in [0.2, 0.25) is 0 Å². The van der Waals surface area contributed by atoms with Gasteiger partial charge in [0.25, 0.3) is 0 Å². The van der Waals surface area contributed by atoms with E-state index in [1.54, 1.807) is 0 Å². The minimum Gasteiger partial charge on any atom is -0.505 e. The van der Waals surface area contributed by atoms with Gasteiger partial charge in [-0.3, -0.25) is 0 Å². The van der Waals surface area contributed by atoms with Crippen LogP contribution in [0.1, 0.15) is 31.9 Å². The number of hydrogen-bond acceptors (Lipinski definition) is 3. The highest BCUT2D eigenvalue weighted by atomic mass is 16.3. The maximum atomic E-state index is 9.83. The van der Waals surface area contributed by atoms with Crippen molar-refractivity contribution in [2.24, 2.45) is 0 Å². The van der Waals surface area contributed by atoms with E-state index in [9.17, 15) is 5.11 Å². The maximum Gasteiger partial charge on any atom is 0.144 e. The van der Waals surface area contributed by atoms with Crippen LogP contribution in [-0.2, 0) is 5.41 Å². The van der Waals surface area contributed by atoms with Gasteiger partial charge in [0.15, 0.2) is 0 Å². The minimum atomic E-state index is -0.128. The number of aromatic hydroxyl groups is 1. The molecule has 0 saturated carbocycles. The number of aryl methyl sites for hydroxylation is 1. The predicted molar refractivity (Wildman–Crippen MR) is 60.4 cm³/mol. The molecule has 3 heteroatoms. The lowest BCUT2D eigenvalue weighted by Crippen LogP contribution is -2.13. The van der Waals surface area contributed by atoms with Crippen molar-refractivity contribution in [2.75, 3.05) is 11.5 Å². The van der Waals surface area contributed by atoms with Crippen LogP contribution in [0.25, 0.3) is 0 Å². The molecule has 0 amide bonds. The smallest absolute Gasteiger partial charge is 0.144 e. The summed E-state index contributed by atoms with van der Waals surface area (Å²) in [6, 6.07) is 1.89. The average molecular weight is 194 g/mol. The number of hydrogen-bond donors (Lipinski definition) is 3. The molecule has 0 heterocycles. The second-order valence-electron chi connectivity index (χ2n) is 4.67. The van der Waals surface area contributed by atoms with Gasteiger partial charge in [-0.15, -0.1) is 0 Å². The van der Waals surface area contributed by atoms with Crippen molar-refractivity contribution in [3.63, 3.8) is 0 Å². The lowest BCUT2D eigenvalue weighted by Gasteiger charge is -2.23. The lowest BCUT2D eigenvalue weighted by molar-refractivity contribution is 0.449. The molecule has 78 valence electrons. The standard InChI is InChI=1S/C11H18N2O/c1-6-5-7(11(2,3)4)10(14)9(13)8(6)12/h5,14H,12-13H2,1-4H3.